The van der Waals surface area contributed by atoms with Gasteiger partial charge in [-0.3, -0.25) is 4.79 Å². The Labute approximate surface area is 167 Å². The van der Waals surface area contributed by atoms with E-state index < -0.39 is 17.8 Å². The van der Waals surface area contributed by atoms with Crippen molar-refractivity contribution in [1.82, 2.24) is 0 Å². The quantitative estimate of drug-likeness (QED) is 0.638. The molecule has 0 fully saturated rings. The molecule has 2 aromatic rings. The molecule has 0 saturated carbocycles. The fourth-order valence-corrected chi connectivity index (χ4v) is 3.77. The Morgan fingerprint density at radius 1 is 1.00 bits per heavy atom. The van der Waals surface area contributed by atoms with Crippen LogP contribution in [0.25, 0.3) is 0 Å². The van der Waals surface area contributed by atoms with Gasteiger partial charge in [-0.1, -0.05) is 51.1 Å². The number of anilines is 1. The molecule has 5 nitrogen and oxygen atoms in total. The minimum atomic E-state index is -0.990. The molecular formula is C23H30N2O3. The highest BCUT2D eigenvalue weighted by atomic mass is 16.4. The number of nitrogens with zero attached hydrogens (tertiary/aromatic N) is 1. The second-order valence-electron chi connectivity index (χ2n) is 7.14. The summed E-state index contributed by atoms with van der Waals surface area (Å²) < 4.78 is 0. The number of carboxylic acids is 1. The smallest absolute Gasteiger partial charge is 0.335 e. The van der Waals surface area contributed by atoms with Crippen LogP contribution in [0, 0.1) is 0 Å². The van der Waals surface area contributed by atoms with Crippen LogP contribution in [0.4, 0.5) is 5.69 Å². The lowest BCUT2D eigenvalue weighted by Gasteiger charge is -2.30. The van der Waals surface area contributed by atoms with Crippen LogP contribution in [-0.2, 0) is 4.79 Å². The lowest BCUT2D eigenvalue weighted by atomic mass is 9.81. The number of hydrogen-bond acceptors (Lipinski definition) is 3. The highest BCUT2D eigenvalue weighted by Gasteiger charge is 2.28. The Balaban J connectivity index is 2.44. The van der Waals surface area contributed by atoms with Gasteiger partial charge in [-0.2, -0.15) is 0 Å². The summed E-state index contributed by atoms with van der Waals surface area (Å²) in [5, 5.41) is 9.11. The monoisotopic (exact) mass is 382 g/mol. The minimum absolute atomic E-state index is 0.138. The van der Waals surface area contributed by atoms with Gasteiger partial charge in [0.25, 0.3) is 0 Å². The fourth-order valence-electron chi connectivity index (χ4n) is 3.77. The van der Waals surface area contributed by atoms with Crippen molar-refractivity contribution in [3.8, 4) is 0 Å². The maximum atomic E-state index is 12.4. The Morgan fingerprint density at radius 2 is 1.57 bits per heavy atom. The van der Waals surface area contributed by atoms with E-state index in [1.165, 1.54) is 12.1 Å². The van der Waals surface area contributed by atoms with E-state index in [9.17, 15) is 9.59 Å². The molecule has 28 heavy (non-hydrogen) atoms. The number of rotatable bonds is 10. The third-order valence-corrected chi connectivity index (χ3v) is 5.08. The minimum Gasteiger partial charge on any atom is -0.478 e. The van der Waals surface area contributed by atoms with Crippen molar-refractivity contribution < 1.29 is 14.7 Å². The van der Waals surface area contributed by atoms with Crippen molar-refractivity contribution in [2.45, 2.75) is 45.4 Å². The van der Waals surface area contributed by atoms with Gasteiger partial charge in [0.1, 0.15) is 0 Å². The van der Waals surface area contributed by atoms with E-state index in [1.54, 1.807) is 12.1 Å². The molecule has 2 unspecified atom stereocenters. The zero-order chi connectivity index (χ0) is 20.7. The Bertz CT molecular complexity index is 796. The third kappa shape index (κ3) is 4.91. The number of carboxylic acid groups (broad SMARTS) is 1. The average molecular weight is 383 g/mol. The van der Waals surface area contributed by atoms with Crippen molar-refractivity contribution in [3.63, 3.8) is 0 Å². The second kappa shape index (κ2) is 9.93. The molecule has 0 spiro atoms. The summed E-state index contributed by atoms with van der Waals surface area (Å²) in [5.74, 6) is -2.08. The summed E-state index contributed by atoms with van der Waals surface area (Å²) in [4.78, 5) is 25.8. The number of benzene rings is 2. The predicted octanol–water partition coefficient (Wildman–Crippen LogP) is 4.38. The van der Waals surface area contributed by atoms with Gasteiger partial charge >= 0.3 is 5.97 Å². The van der Waals surface area contributed by atoms with Crippen LogP contribution in [0.2, 0.25) is 0 Å². The molecule has 0 heterocycles. The van der Waals surface area contributed by atoms with Gasteiger partial charge < -0.3 is 15.7 Å². The standard InChI is InChI=1S/C23H30N2O3/c1-4-14-25(15-5-2)20-9-7-6-8-19(20)16(3)21(22(24)26)17-10-12-18(13-11-17)23(27)28/h6-13,16,21H,4-5,14-15H2,1-3H3,(H2,24,26)(H,27,28). The number of carbonyl (C=O) groups is 2. The number of carbonyl (C=O) groups excluding carboxylic acids is 1. The van der Waals surface area contributed by atoms with Crippen LogP contribution in [-0.4, -0.2) is 30.1 Å². The molecular weight excluding hydrogens is 352 g/mol. The molecule has 0 aromatic heterocycles. The number of amides is 1. The summed E-state index contributed by atoms with van der Waals surface area (Å²) in [5.41, 5.74) is 8.92. The lowest BCUT2D eigenvalue weighted by Crippen LogP contribution is -2.29. The maximum absolute atomic E-state index is 12.4. The van der Waals surface area contributed by atoms with E-state index in [1.807, 2.05) is 19.1 Å². The van der Waals surface area contributed by atoms with Crippen molar-refractivity contribution in [1.29, 1.82) is 0 Å². The lowest BCUT2D eigenvalue weighted by molar-refractivity contribution is -0.119. The molecule has 5 heteroatoms. The topological polar surface area (TPSA) is 83.6 Å². The molecule has 0 radical (unpaired) electrons. The Morgan fingerprint density at radius 3 is 2.07 bits per heavy atom. The number of primary amides is 1. The van der Waals surface area contributed by atoms with Crippen LogP contribution >= 0.6 is 0 Å². The van der Waals surface area contributed by atoms with Crippen LogP contribution in [0.5, 0.6) is 0 Å². The van der Waals surface area contributed by atoms with E-state index >= 15 is 0 Å². The van der Waals surface area contributed by atoms with Gasteiger partial charge in [0.05, 0.1) is 11.5 Å². The second-order valence-corrected chi connectivity index (χ2v) is 7.14. The van der Waals surface area contributed by atoms with Gasteiger partial charge in [0.2, 0.25) is 5.91 Å². The summed E-state index contributed by atoms with van der Waals surface area (Å²) in [6.45, 7) is 8.23. The molecule has 3 N–H and O–H groups in total. The predicted molar refractivity (Wildman–Crippen MR) is 113 cm³/mol. The maximum Gasteiger partial charge on any atom is 0.335 e. The molecule has 1 amide bonds. The molecule has 0 bridgehead atoms. The van der Waals surface area contributed by atoms with Gasteiger partial charge in [0, 0.05) is 18.8 Å². The molecule has 0 aliphatic carbocycles. The van der Waals surface area contributed by atoms with Crippen molar-refractivity contribution in [2.75, 3.05) is 18.0 Å². The van der Waals surface area contributed by atoms with Gasteiger partial charge in [-0.15, -0.1) is 0 Å². The molecule has 0 saturated heterocycles. The molecule has 2 atom stereocenters. The number of nitrogens with two attached hydrogens (primary N) is 1. The zero-order valence-electron chi connectivity index (χ0n) is 16.9. The van der Waals surface area contributed by atoms with E-state index in [0.717, 1.165) is 42.7 Å². The Kier molecular flexibility index (Phi) is 7.61. The SMILES string of the molecule is CCCN(CCC)c1ccccc1C(C)C(C(N)=O)c1ccc(C(=O)O)cc1. The first-order valence-electron chi connectivity index (χ1n) is 9.87. The summed E-state index contributed by atoms with van der Waals surface area (Å²) in [7, 11) is 0. The van der Waals surface area contributed by atoms with Gasteiger partial charge in [0.15, 0.2) is 0 Å². The van der Waals surface area contributed by atoms with E-state index in [4.69, 9.17) is 10.8 Å². The normalized spacial score (nSPS) is 13.0. The largest absolute Gasteiger partial charge is 0.478 e. The van der Waals surface area contributed by atoms with E-state index in [2.05, 4.69) is 30.9 Å². The van der Waals surface area contributed by atoms with E-state index in [0.29, 0.717) is 0 Å². The molecule has 150 valence electrons. The number of aromatic carboxylic acids is 1. The van der Waals surface area contributed by atoms with Crippen LogP contribution in [0.1, 0.15) is 66.9 Å². The molecule has 0 aliphatic rings. The van der Waals surface area contributed by atoms with Crippen LogP contribution < -0.4 is 10.6 Å². The highest BCUT2D eigenvalue weighted by Crippen LogP contribution is 2.37. The number of hydrogen-bond donors (Lipinski definition) is 2. The van der Waals surface area contributed by atoms with E-state index in [-0.39, 0.29) is 11.5 Å². The average Bonchev–Trinajstić information content (AvgIpc) is 2.68. The van der Waals surface area contributed by atoms with Gasteiger partial charge in [-0.05, 0) is 48.1 Å². The Hall–Kier alpha value is -2.82. The zero-order valence-corrected chi connectivity index (χ0v) is 16.9. The summed E-state index contributed by atoms with van der Waals surface area (Å²) >= 11 is 0. The first-order chi connectivity index (χ1) is 13.4. The van der Waals surface area contributed by atoms with Crippen molar-refractivity contribution in [3.05, 3.63) is 65.2 Å². The first-order valence-corrected chi connectivity index (χ1v) is 9.87. The molecule has 2 aromatic carbocycles. The molecule has 0 aliphatic heterocycles. The number of para-hydroxylation sites is 1. The highest BCUT2D eigenvalue weighted by molar-refractivity contribution is 5.88. The fraction of sp³-hybridized carbons (Fsp3) is 0.391. The first kappa shape index (κ1) is 21.5. The van der Waals surface area contributed by atoms with Crippen molar-refractivity contribution >= 4 is 17.6 Å². The van der Waals surface area contributed by atoms with Gasteiger partial charge in [-0.25, -0.2) is 4.79 Å². The molecule has 2 rings (SSSR count). The summed E-state index contributed by atoms with van der Waals surface area (Å²) in [6.07, 6.45) is 2.08. The van der Waals surface area contributed by atoms with Crippen molar-refractivity contribution in [2.24, 2.45) is 5.73 Å². The van der Waals surface area contributed by atoms with Crippen LogP contribution in [0.3, 0.4) is 0 Å². The summed E-state index contributed by atoms with van der Waals surface area (Å²) in [6, 6.07) is 14.6. The van der Waals surface area contributed by atoms with Crippen LogP contribution in [0.15, 0.2) is 48.5 Å². The third-order valence-electron chi connectivity index (χ3n) is 5.08.